The van der Waals surface area contributed by atoms with E-state index in [4.69, 9.17) is 0 Å². The summed E-state index contributed by atoms with van der Waals surface area (Å²) in [4.78, 5) is 6.89. The van der Waals surface area contributed by atoms with Crippen LogP contribution in [0.15, 0.2) is 35.8 Å². The number of hydrogen-bond acceptors (Lipinski definition) is 5. The van der Waals surface area contributed by atoms with Gasteiger partial charge in [-0.1, -0.05) is 6.07 Å². The average molecular weight is 371 g/mol. The third kappa shape index (κ3) is 4.71. The summed E-state index contributed by atoms with van der Waals surface area (Å²) in [5, 5.41) is 15.4. The van der Waals surface area contributed by atoms with Crippen molar-refractivity contribution in [3.8, 4) is 0 Å². The molecule has 0 aromatic carbocycles. The fraction of sp³-hybridized carbons (Fsp3) is 0.471. The van der Waals surface area contributed by atoms with E-state index in [0.717, 1.165) is 43.1 Å². The van der Waals surface area contributed by atoms with Crippen molar-refractivity contribution in [1.29, 1.82) is 0 Å². The molecule has 136 valence electrons. The van der Waals surface area contributed by atoms with Crippen LogP contribution in [0.4, 0.5) is 19.0 Å². The zero-order valence-corrected chi connectivity index (χ0v) is 14.4. The number of pyridine rings is 1. The largest absolute Gasteiger partial charge is 0.417 e. The first-order chi connectivity index (χ1) is 11.9. The lowest BCUT2D eigenvalue weighted by molar-refractivity contribution is -0.137. The Hall–Kier alpha value is -1.64. The molecule has 4 nitrogen and oxygen atoms in total. The summed E-state index contributed by atoms with van der Waals surface area (Å²) >= 11 is 1.53. The first-order valence-corrected chi connectivity index (χ1v) is 9.04. The minimum atomic E-state index is -4.36. The number of aromatic nitrogens is 1. The Morgan fingerprint density at radius 3 is 2.60 bits per heavy atom. The molecule has 2 aromatic heterocycles. The van der Waals surface area contributed by atoms with E-state index in [1.165, 1.54) is 17.4 Å². The van der Waals surface area contributed by atoms with Gasteiger partial charge in [0.05, 0.1) is 5.56 Å². The van der Waals surface area contributed by atoms with Crippen molar-refractivity contribution in [1.82, 2.24) is 10.3 Å². The molecule has 1 atom stereocenters. The molecule has 0 aliphatic carbocycles. The van der Waals surface area contributed by atoms with Gasteiger partial charge in [-0.15, -0.1) is 11.3 Å². The summed E-state index contributed by atoms with van der Waals surface area (Å²) in [6.45, 7) is 1.96. The number of piperidine rings is 1. The van der Waals surface area contributed by atoms with Gasteiger partial charge in [0, 0.05) is 36.8 Å². The van der Waals surface area contributed by atoms with E-state index < -0.39 is 17.8 Å². The monoisotopic (exact) mass is 371 g/mol. The summed E-state index contributed by atoms with van der Waals surface area (Å²) in [6.07, 6.45) is -2.25. The lowest BCUT2D eigenvalue weighted by atomic mass is 10.0. The summed E-state index contributed by atoms with van der Waals surface area (Å²) in [5.74, 6) is 0.574. The van der Waals surface area contributed by atoms with Crippen molar-refractivity contribution in [3.63, 3.8) is 0 Å². The number of nitrogens with one attached hydrogen (secondary N) is 1. The van der Waals surface area contributed by atoms with Gasteiger partial charge in [-0.05, 0) is 36.4 Å². The van der Waals surface area contributed by atoms with Crippen LogP contribution < -0.4 is 10.2 Å². The second-order valence-corrected chi connectivity index (χ2v) is 7.08. The molecule has 0 saturated carbocycles. The molecular weight excluding hydrogens is 351 g/mol. The van der Waals surface area contributed by atoms with E-state index in [9.17, 15) is 18.3 Å². The maximum absolute atomic E-state index is 12.6. The molecule has 1 aliphatic rings. The molecule has 1 fully saturated rings. The second kappa shape index (κ2) is 7.72. The maximum Gasteiger partial charge on any atom is 0.417 e. The lowest BCUT2D eigenvalue weighted by Crippen LogP contribution is -2.43. The van der Waals surface area contributed by atoms with E-state index in [0.29, 0.717) is 18.4 Å². The van der Waals surface area contributed by atoms with E-state index in [1.54, 1.807) is 0 Å². The maximum atomic E-state index is 12.6. The van der Waals surface area contributed by atoms with E-state index in [2.05, 4.69) is 10.3 Å². The highest BCUT2D eigenvalue weighted by molar-refractivity contribution is 7.10. The third-order valence-electron chi connectivity index (χ3n) is 4.37. The molecule has 8 heteroatoms. The summed E-state index contributed by atoms with van der Waals surface area (Å²) in [6, 6.07) is 6.62. The van der Waals surface area contributed by atoms with Gasteiger partial charge in [-0.3, -0.25) is 0 Å². The number of aliphatic hydroxyl groups is 1. The van der Waals surface area contributed by atoms with E-state index in [-0.39, 0.29) is 0 Å². The molecule has 1 saturated heterocycles. The normalized spacial score (nSPS) is 17.7. The number of alkyl halides is 3. The fourth-order valence-corrected chi connectivity index (χ4v) is 3.63. The van der Waals surface area contributed by atoms with Crippen molar-refractivity contribution < 1.29 is 18.3 Å². The van der Waals surface area contributed by atoms with Gasteiger partial charge >= 0.3 is 6.18 Å². The summed E-state index contributed by atoms with van der Waals surface area (Å²) in [5.41, 5.74) is -0.727. The van der Waals surface area contributed by atoms with Gasteiger partial charge in [-0.25, -0.2) is 4.98 Å². The number of thiophene rings is 1. The molecular formula is C17H20F3N3OS. The van der Waals surface area contributed by atoms with Crippen LogP contribution in [0, 0.1) is 0 Å². The molecule has 2 aromatic rings. The number of nitrogens with zero attached hydrogens (tertiary/aromatic N) is 2. The quantitative estimate of drug-likeness (QED) is 0.845. The number of aliphatic hydroxyl groups excluding tert-OH is 1. The first-order valence-electron chi connectivity index (χ1n) is 8.16. The second-order valence-electron chi connectivity index (χ2n) is 6.10. The minimum absolute atomic E-state index is 0.292. The van der Waals surface area contributed by atoms with E-state index >= 15 is 0 Å². The predicted molar refractivity (Wildman–Crippen MR) is 91.8 cm³/mol. The van der Waals surface area contributed by atoms with Crippen LogP contribution in [0.3, 0.4) is 0 Å². The standard InChI is InChI=1S/C17H20F3N3OS/c18-17(19,20)12-3-4-16(22-10-12)23-7-5-13(6-8-23)21-11-14(24)15-2-1-9-25-15/h1-4,9-10,13-14,21,24H,5-8,11H2. The zero-order chi connectivity index (χ0) is 17.9. The molecule has 3 rings (SSSR count). The highest BCUT2D eigenvalue weighted by Gasteiger charge is 2.31. The SMILES string of the molecule is OC(CNC1CCN(c2ccc(C(F)(F)F)cn2)CC1)c1cccs1. The predicted octanol–water partition coefficient (Wildman–Crippen LogP) is 3.45. The zero-order valence-electron chi connectivity index (χ0n) is 13.5. The van der Waals surface area contributed by atoms with E-state index in [1.807, 2.05) is 22.4 Å². The Morgan fingerprint density at radius 1 is 1.28 bits per heavy atom. The smallest absolute Gasteiger partial charge is 0.386 e. The highest BCUT2D eigenvalue weighted by Crippen LogP contribution is 2.29. The van der Waals surface area contributed by atoms with Gasteiger partial charge in [0.2, 0.25) is 0 Å². The highest BCUT2D eigenvalue weighted by atomic mass is 32.1. The van der Waals surface area contributed by atoms with Crippen molar-refractivity contribution >= 4 is 17.2 Å². The number of halogens is 3. The Balaban J connectivity index is 1.47. The molecule has 25 heavy (non-hydrogen) atoms. The number of hydrogen-bond donors (Lipinski definition) is 2. The van der Waals surface area contributed by atoms with Crippen LogP contribution in [0.5, 0.6) is 0 Å². The van der Waals surface area contributed by atoms with Crippen LogP contribution in [0.25, 0.3) is 0 Å². The molecule has 0 bridgehead atoms. The molecule has 2 N–H and O–H groups in total. The lowest BCUT2D eigenvalue weighted by Gasteiger charge is -2.33. The van der Waals surface area contributed by atoms with Crippen molar-refractivity contribution in [2.75, 3.05) is 24.5 Å². The molecule has 3 heterocycles. The first kappa shape index (κ1) is 18.2. The molecule has 1 unspecified atom stereocenters. The summed E-state index contributed by atoms with van der Waals surface area (Å²) in [7, 11) is 0. The Bertz CT molecular complexity index is 653. The van der Waals surface area contributed by atoms with Crippen LogP contribution in [0.1, 0.15) is 29.4 Å². The Morgan fingerprint density at radius 2 is 2.04 bits per heavy atom. The molecule has 1 aliphatic heterocycles. The average Bonchev–Trinajstić information content (AvgIpc) is 3.14. The van der Waals surface area contributed by atoms with Crippen LogP contribution in [0.2, 0.25) is 0 Å². The molecule has 0 spiro atoms. The van der Waals surface area contributed by atoms with Gasteiger partial charge in [0.1, 0.15) is 11.9 Å². The van der Waals surface area contributed by atoms with Gasteiger partial charge in [0.25, 0.3) is 0 Å². The van der Waals surface area contributed by atoms with Crippen LogP contribution in [-0.4, -0.2) is 35.8 Å². The number of anilines is 1. The topological polar surface area (TPSA) is 48.4 Å². The Kier molecular flexibility index (Phi) is 5.61. The fourth-order valence-electron chi connectivity index (χ4n) is 2.91. The summed E-state index contributed by atoms with van der Waals surface area (Å²) < 4.78 is 37.8. The van der Waals surface area contributed by atoms with Crippen molar-refractivity contribution in [3.05, 3.63) is 46.3 Å². The molecule has 0 radical (unpaired) electrons. The Labute approximate surface area is 148 Å². The molecule has 0 amide bonds. The van der Waals surface area contributed by atoms with Crippen molar-refractivity contribution in [2.24, 2.45) is 0 Å². The van der Waals surface area contributed by atoms with Gasteiger partial charge in [-0.2, -0.15) is 13.2 Å². The number of rotatable bonds is 5. The van der Waals surface area contributed by atoms with Gasteiger partial charge < -0.3 is 15.3 Å². The minimum Gasteiger partial charge on any atom is -0.386 e. The van der Waals surface area contributed by atoms with Crippen molar-refractivity contribution in [2.45, 2.75) is 31.2 Å². The van der Waals surface area contributed by atoms with Crippen LogP contribution in [-0.2, 0) is 6.18 Å². The third-order valence-corrected chi connectivity index (χ3v) is 5.34. The van der Waals surface area contributed by atoms with Crippen LogP contribution >= 0.6 is 11.3 Å². The van der Waals surface area contributed by atoms with Gasteiger partial charge in [0.15, 0.2) is 0 Å².